The fourth-order valence-electron chi connectivity index (χ4n) is 3.24. The molecule has 2 aromatic carbocycles. The third-order valence-electron chi connectivity index (χ3n) is 4.78. The molecular formula is C21H22FN3O4S3. The molecule has 1 amide bonds. The molecule has 0 spiro atoms. The Morgan fingerprint density at radius 3 is 2.50 bits per heavy atom. The molecule has 7 nitrogen and oxygen atoms in total. The maximum Gasteiger partial charge on any atom is 0.257 e. The highest BCUT2D eigenvalue weighted by Crippen LogP contribution is 2.41. The Balaban J connectivity index is 2.00. The first-order valence-electron chi connectivity index (χ1n) is 9.45. The van der Waals surface area contributed by atoms with Crippen LogP contribution in [0.4, 0.5) is 4.39 Å². The first-order valence-corrected chi connectivity index (χ1v) is 12.3. The molecule has 3 aromatic rings. The number of amides is 1. The number of rotatable bonds is 7. The molecule has 11 heteroatoms. The molecule has 0 aliphatic heterocycles. The summed E-state index contributed by atoms with van der Waals surface area (Å²) in [5.74, 6) is -1.11. The largest absolute Gasteiger partial charge is 0.495 e. The van der Waals surface area contributed by atoms with Crippen LogP contribution in [0.5, 0.6) is 5.75 Å². The SMILES string of the molecule is CNS(=O)(=O)CC(C)(NC(=S)NC(=O)c1ccccc1)c1sc2c(OC)cccc2c1F. The van der Waals surface area contributed by atoms with Gasteiger partial charge in [-0.15, -0.1) is 11.3 Å². The lowest BCUT2D eigenvalue weighted by molar-refractivity contribution is 0.0976. The van der Waals surface area contributed by atoms with Crippen LogP contribution in [0.3, 0.4) is 0 Å². The van der Waals surface area contributed by atoms with Gasteiger partial charge in [-0.25, -0.2) is 17.5 Å². The number of ether oxygens (including phenoxy) is 1. The zero-order valence-corrected chi connectivity index (χ0v) is 20.0. The Hall–Kier alpha value is -2.60. The summed E-state index contributed by atoms with van der Waals surface area (Å²) in [7, 11) is -1.05. The van der Waals surface area contributed by atoms with E-state index in [-0.39, 0.29) is 9.99 Å². The summed E-state index contributed by atoms with van der Waals surface area (Å²) in [4.78, 5) is 12.6. The molecule has 0 fully saturated rings. The van der Waals surface area contributed by atoms with Crippen molar-refractivity contribution in [2.75, 3.05) is 19.9 Å². The van der Waals surface area contributed by atoms with Gasteiger partial charge in [0, 0.05) is 10.9 Å². The van der Waals surface area contributed by atoms with E-state index in [9.17, 15) is 13.2 Å². The zero-order chi connectivity index (χ0) is 23.5. The first-order chi connectivity index (χ1) is 15.1. The average molecular weight is 496 g/mol. The Kier molecular flexibility index (Phi) is 7.13. The standard InChI is InChI=1S/C21H22FN3O4S3/c1-21(12-32(27,28)23-2,25-20(30)24-19(26)13-8-5-4-6-9-13)18-16(22)14-10-7-11-15(29-3)17(14)31-18/h4-11,23H,12H2,1-3H3,(H2,24,25,26,30). The van der Waals surface area contributed by atoms with Crippen LogP contribution in [0.2, 0.25) is 0 Å². The highest BCUT2D eigenvalue weighted by atomic mass is 32.2. The van der Waals surface area contributed by atoms with Crippen LogP contribution in [0.1, 0.15) is 22.2 Å². The van der Waals surface area contributed by atoms with Crippen molar-refractivity contribution in [3.05, 3.63) is 64.8 Å². The third-order valence-corrected chi connectivity index (χ3v) is 8.02. The van der Waals surface area contributed by atoms with E-state index in [0.717, 1.165) is 11.3 Å². The van der Waals surface area contributed by atoms with E-state index in [2.05, 4.69) is 15.4 Å². The number of thiocarbonyl (C=S) groups is 1. The van der Waals surface area contributed by atoms with Crippen molar-refractivity contribution in [2.45, 2.75) is 12.5 Å². The highest BCUT2D eigenvalue weighted by molar-refractivity contribution is 7.89. The molecule has 0 aliphatic rings. The van der Waals surface area contributed by atoms with Crippen molar-refractivity contribution >= 4 is 54.7 Å². The third kappa shape index (κ3) is 5.07. The second-order valence-corrected chi connectivity index (χ2v) is 10.5. The van der Waals surface area contributed by atoms with E-state index < -0.39 is 33.0 Å². The molecular weight excluding hydrogens is 473 g/mol. The number of carbonyl (C=O) groups is 1. The van der Waals surface area contributed by atoms with E-state index in [4.69, 9.17) is 17.0 Å². The fraction of sp³-hybridized carbons (Fsp3) is 0.238. The minimum atomic E-state index is -3.80. The van der Waals surface area contributed by atoms with Crippen molar-refractivity contribution in [1.29, 1.82) is 0 Å². The number of halogens is 1. The molecule has 32 heavy (non-hydrogen) atoms. The Morgan fingerprint density at radius 2 is 1.88 bits per heavy atom. The minimum Gasteiger partial charge on any atom is -0.495 e. The van der Waals surface area contributed by atoms with Crippen LogP contribution in [0.25, 0.3) is 10.1 Å². The lowest BCUT2D eigenvalue weighted by atomic mass is 10.0. The van der Waals surface area contributed by atoms with Gasteiger partial charge in [0.05, 0.1) is 28.0 Å². The maximum absolute atomic E-state index is 15.5. The number of fused-ring (bicyclic) bond motifs is 1. The molecule has 0 saturated heterocycles. The summed E-state index contributed by atoms with van der Waals surface area (Å²) >= 11 is 6.34. The summed E-state index contributed by atoms with van der Waals surface area (Å²) in [6.45, 7) is 1.52. The van der Waals surface area contributed by atoms with Crippen molar-refractivity contribution < 1.29 is 22.3 Å². The van der Waals surface area contributed by atoms with Crippen molar-refractivity contribution in [3.63, 3.8) is 0 Å². The zero-order valence-electron chi connectivity index (χ0n) is 17.6. The molecule has 0 radical (unpaired) electrons. The minimum absolute atomic E-state index is 0.118. The van der Waals surface area contributed by atoms with E-state index in [1.165, 1.54) is 21.1 Å². The number of benzene rings is 2. The summed E-state index contributed by atoms with van der Waals surface area (Å²) in [6.07, 6.45) is 0. The van der Waals surface area contributed by atoms with Gasteiger partial charge in [0.2, 0.25) is 10.0 Å². The number of hydrogen-bond acceptors (Lipinski definition) is 6. The van der Waals surface area contributed by atoms with Crippen LogP contribution >= 0.6 is 23.6 Å². The molecule has 0 bridgehead atoms. The van der Waals surface area contributed by atoms with E-state index in [1.807, 2.05) is 0 Å². The Morgan fingerprint density at radius 1 is 1.19 bits per heavy atom. The molecule has 3 N–H and O–H groups in total. The van der Waals surface area contributed by atoms with Gasteiger partial charge in [0.25, 0.3) is 5.91 Å². The molecule has 1 aromatic heterocycles. The molecule has 0 saturated carbocycles. The quantitative estimate of drug-likeness (QED) is 0.436. The average Bonchev–Trinajstić information content (AvgIpc) is 3.11. The molecule has 1 heterocycles. The van der Waals surface area contributed by atoms with Crippen molar-refractivity contribution in [3.8, 4) is 5.75 Å². The topological polar surface area (TPSA) is 96.5 Å². The van der Waals surface area contributed by atoms with Crippen molar-refractivity contribution in [1.82, 2.24) is 15.4 Å². The number of hydrogen-bond donors (Lipinski definition) is 3. The molecule has 1 atom stereocenters. The summed E-state index contributed by atoms with van der Waals surface area (Å²) in [6, 6.07) is 13.3. The fourth-order valence-corrected chi connectivity index (χ4v) is 6.04. The van der Waals surface area contributed by atoms with Gasteiger partial charge in [0.15, 0.2) is 5.11 Å². The summed E-state index contributed by atoms with van der Waals surface area (Å²) < 4.78 is 48.4. The smallest absolute Gasteiger partial charge is 0.257 e. The van der Waals surface area contributed by atoms with Crippen LogP contribution in [-0.4, -0.2) is 39.3 Å². The Bertz CT molecular complexity index is 1260. The Labute approximate surface area is 195 Å². The van der Waals surface area contributed by atoms with E-state index >= 15 is 4.39 Å². The normalized spacial score (nSPS) is 13.4. The van der Waals surface area contributed by atoms with Crippen LogP contribution in [-0.2, 0) is 15.6 Å². The van der Waals surface area contributed by atoms with Gasteiger partial charge in [-0.05, 0) is 44.4 Å². The van der Waals surface area contributed by atoms with Crippen LogP contribution < -0.4 is 20.1 Å². The predicted octanol–water partition coefficient (Wildman–Crippen LogP) is 3.12. The second-order valence-electron chi connectivity index (χ2n) is 7.15. The predicted molar refractivity (Wildman–Crippen MR) is 128 cm³/mol. The van der Waals surface area contributed by atoms with Gasteiger partial charge in [-0.2, -0.15) is 0 Å². The van der Waals surface area contributed by atoms with Gasteiger partial charge < -0.3 is 10.1 Å². The molecule has 1 unspecified atom stereocenters. The van der Waals surface area contributed by atoms with Crippen molar-refractivity contribution in [2.24, 2.45) is 0 Å². The molecule has 170 valence electrons. The summed E-state index contributed by atoms with van der Waals surface area (Å²) in [5, 5.41) is 5.55. The monoisotopic (exact) mass is 495 g/mol. The number of methoxy groups -OCH3 is 1. The number of carbonyl (C=O) groups excluding carboxylic acids is 1. The number of nitrogens with one attached hydrogen (secondary N) is 3. The maximum atomic E-state index is 15.5. The van der Waals surface area contributed by atoms with Crippen LogP contribution in [0.15, 0.2) is 48.5 Å². The number of sulfonamides is 1. The highest BCUT2D eigenvalue weighted by Gasteiger charge is 2.38. The lowest BCUT2D eigenvalue weighted by Crippen LogP contribution is -2.53. The van der Waals surface area contributed by atoms with Gasteiger partial charge >= 0.3 is 0 Å². The van der Waals surface area contributed by atoms with Crippen LogP contribution in [0, 0.1) is 5.82 Å². The van der Waals surface area contributed by atoms with Gasteiger partial charge in [-0.1, -0.05) is 30.3 Å². The number of thiophene rings is 1. The molecule has 3 rings (SSSR count). The van der Waals surface area contributed by atoms with E-state index in [0.29, 0.717) is 21.4 Å². The van der Waals surface area contributed by atoms with Gasteiger partial charge in [-0.3, -0.25) is 10.1 Å². The van der Waals surface area contributed by atoms with E-state index in [1.54, 1.807) is 48.5 Å². The first kappa shape index (κ1) is 24.1. The molecule has 0 aliphatic carbocycles. The second kappa shape index (κ2) is 9.49. The lowest BCUT2D eigenvalue weighted by Gasteiger charge is -2.31. The summed E-state index contributed by atoms with van der Waals surface area (Å²) in [5.41, 5.74) is -1.11. The van der Waals surface area contributed by atoms with Gasteiger partial charge in [0.1, 0.15) is 11.6 Å².